The van der Waals surface area contributed by atoms with Gasteiger partial charge in [0.2, 0.25) is 0 Å². The molecule has 0 aromatic carbocycles. The molecule has 1 aromatic heterocycles. The molecule has 1 N–H and O–H groups in total. The summed E-state index contributed by atoms with van der Waals surface area (Å²) in [6, 6.07) is 0. The Morgan fingerprint density at radius 2 is 2.42 bits per heavy atom. The number of carbonyl (C=O) groups excluding carboxylic acids is 1. The fourth-order valence-corrected chi connectivity index (χ4v) is 2.58. The summed E-state index contributed by atoms with van der Waals surface area (Å²) in [5.74, 6) is -0.336. The molecular weight excluding hydrogens is 268 g/mol. The molecule has 0 radical (unpaired) electrons. The number of anilines is 1. The van der Waals surface area contributed by atoms with Gasteiger partial charge in [0.25, 0.3) is 0 Å². The van der Waals surface area contributed by atoms with Crippen molar-refractivity contribution in [2.24, 2.45) is 0 Å². The van der Waals surface area contributed by atoms with Gasteiger partial charge < -0.3 is 19.5 Å². The van der Waals surface area contributed by atoms with Gasteiger partial charge in [0, 0.05) is 6.54 Å². The highest BCUT2D eigenvalue weighted by Gasteiger charge is 2.21. The van der Waals surface area contributed by atoms with Crippen molar-refractivity contribution in [2.75, 3.05) is 38.3 Å². The first kappa shape index (κ1) is 14.2. The molecule has 1 aliphatic rings. The molecule has 1 saturated heterocycles. The maximum absolute atomic E-state index is 11.8. The van der Waals surface area contributed by atoms with Crippen LogP contribution in [0.15, 0.2) is 0 Å². The number of nitrogens with zero attached hydrogens (tertiary/aromatic N) is 1. The molecule has 106 valence electrons. The summed E-state index contributed by atoms with van der Waals surface area (Å²) in [5, 5.41) is 3.92. The van der Waals surface area contributed by atoms with Gasteiger partial charge in [0.05, 0.1) is 38.2 Å². The SMILES string of the molecule is CCOC(=O)c1c(C)nsc1NCC1COCCO1. The van der Waals surface area contributed by atoms with Crippen LogP contribution in [0.5, 0.6) is 0 Å². The summed E-state index contributed by atoms with van der Waals surface area (Å²) in [4.78, 5) is 11.8. The highest BCUT2D eigenvalue weighted by atomic mass is 32.1. The maximum Gasteiger partial charge on any atom is 0.343 e. The minimum atomic E-state index is -0.336. The van der Waals surface area contributed by atoms with Gasteiger partial charge in [0.1, 0.15) is 10.6 Å². The van der Waals surface area contributed by atoms with Crippen LogP contribution in [0.1, 0.15) is 23.0 Å². The predicted molar refractivity (Wildman–Crippen MR) is 71.9 cm³/mol. The van der Waals surface area contributed by atoms with Crippen molar-refractivity contribution in [3.05, 3.63) is 11.3 Å². The van der Waals surface area contributed by atoms with Crippen LogP contribution in [-0.4, -0.2) is 49.4 Å². The first-order valence-corrected chi connectivity index (χ1v) is 7.06. The Bertz CT molecular complexity index is 429. The second-order valence-electron chi connectivity index (χ2n) is 4.14. The molecule has 0 spiro atoms. The van der Waals surface area contributed by atoms with Crippen LogP contribution in [-0.2, 0) is 14.2 Å². The van der Waals surface area contributed by atoms with Gasteiger partial charge in [-0.1, -0.05) is 0 Å². The highest BCUT2D eigenvalue weighted by Crippen LogP contribution is 2.25. The van der Waals surface area contributed by atoms with E-state index in [-0.39, 0.29) is 12.1 Å². The monoisotopic (exact) mass is 286 g/mol. The van der Waals surface area contributed by atoms with Crippen molar-refractivity contribution in [3.63, 3.8) is 0 Å². The van der Waals surface area contributed by atoms with E-state index >= 15 is 0 Å². The van der Waals surface area contributed by atoms with E-state index in [0.29, 0.717) is 44.2 Å². The number of ether oxygens (including phenoxy) is 3. The van der Waals surface area contributed by atoms with Crippen LogP contribution in [0, 0.1) is 6.92 Å². The fraction of sp³-hybridized carbons (Fsp3) is 0.667. The van der Waals surface area contributed by atoms with E-state index in [9.17, 15) is 4.79 Å². The zero-order valence-corrected chi connectivity index (χ0v) is 11.9. The zero-order chi connectivity index (χ0) is 13.7. The minimum absolute atomic E-state index is 0.00574. The molecular formula is C12H18N2O4S. The third-order valence-electron chi connectivity index (χ3n) is 2.72. The van der Waals surface area contributed by atoms with Crippen LogP contribution in [0.2, 0.25) is 0 Å². The average Bonchev–Trinajstić information content (AvgIpc) is 2.79. The Morgan fingerprint density at radius 1 is 1.58 bits per heavy atom. The van der Waals surface area contributed by atoms with E-state index in [4.69, 9.17) is 14.2 Å². The van der Waals surface area contributed by atoms with Crippen molar-refractivity contribution in [1.82, 2.24) is 4.37 Å². The van der Waals surface area contributed by atoms with Gasteiger partial charge in [-0.2, -0.15) is 4.37 Å². The van der Waals surface area contributed by atoms with Crippen molar-refractivity contribution in [2.45, 2.75) is 20.0 Å². The van der Waals surface area contributed by atoms with Crippen LogP contribution < -0.4 is 5.32 Å². The number of hydrogen-bond acceptors (Lipinski definition) is 7. The number of hydrogen-bond donors (Lipinski definition) is 1. The Kier molecular flexibility index (Phi) is 5.12. The third kappa shape index (κ3) is 3.65. The fourth-order valence-electron chi connectivity index (χ4n) is 1.80. The number of esters is 1. The first-order chi connectivity index (χ1) is 9.22. The van der Waals surface area contributed by atoms with Crippen molar-refractivity contribution in [1.29, 1.82) is 0 Å². The van der Waals surface area contributed by atoms with Crippen LogP contribution >= 0.6 is 11.5 Å². The molecule has 0 aliphatic carbocycles. The normalized spacial score (nSPS) is 19.2. The summed E-state index contributed by atoms with van der Waals surface area (Å²) in [6.45, 7) is 6.35. The van der Waals surface area contributed by atoms with E-state index in [1.165, 1.54) is 11.5 Å². The molecule has 1 unspecified atom stereocenters. The summed E-state index contributed by atoms with van der Waals surface area (Å²) < 4.78 is 20.1. The molecule has 1 aliphatic heterocycles. The van der Waals surface area contributed by atoms with Crippen molar-refractivity contribution >= 4 is 22.5 Å². The molecule has 0 saturated carbocycles. The Labute approximate surface area is 116 Å². The van der Waals surface area contributed by atoms with Crippen LogP contribution in [0.3, 0.4) is 0 Å². The minimum Gasteiger partial charge on any atom is -0.462 e. The second kappa shape index (κ2) is 6.83. The molecule has 0 amide bonds. The number of rotatable bonds is 5. The van der Waals surface area contributed by atoms with E-state index in [1.54, 1.807) is 13.8 Å². The van der Waals surface area contributed by atoms with Crippen LogP contribution in [0.4, 0.5) is 5.00 Å². The molecule has 2 heterocycles. The van der Waals surface area contributed by atoms with Gasteiger partial charge in [-0.25, -0.2) is 4.79 Å². The average molecular weight is 286 g/mol. The summed E-state index contributed by atoms with van der Waals surface area (Å²) >= 11 is 1.26. The molecule has 6 nitrogen and oxygen atoms in total. The number of aromatic nitrogens is 1. The smallest absolute Gasteiger partial charge is 0.343 e. The number of carbonyl (C=O) groups is 1. The lowest BCUT2D eigenvalue weighted by molar-refractivity contribution is -0.0818. The third-order valence-corrected chi connectivity index (χ3v) is 3.61. The Balaban J connectivity index is 1.97. The summed E-state index contributed by atoms with van der Waals surface area (Å²) in [7, 11) is 0. The van der Waals surface area contributed by atoms with Crippen molar-refractivity contribution < 1.29 is 19.0 Å². The largest absolute Gasteiger partial charge is 0.462 e. The topological polar surface area (TPSA) is 69.7 Å². The Morgan fingerprint density at radius 3 is 3.11 bits per heavy atom. The summed E-state index contributed by atoms with van der Waals surface area (Å²) in [5.41, 5.74) is 1.20. The molecule has 19 heavy (non-hydrogen) atoms. The van der Waals surface area contributed by atoms with Gasteiger partial charge in [-0.05, 0) is 25.4 Å². The van der Waals surface area contributed by atoms with E-state index in [1.807, 2.05) is 0 Å². The lowest BCUT2D eigenvalue weighted by Gasteiger charge is -2.23. The molecule has 1 atom stereocenters. The zero-order valence-electron chi connectivity index (χ0n) is 11.1. The quantitative estimate of drug-likeness (QED) is 0.826. The highest BCUT2D eigenvalue weighted by molar-refractivity contribution is 7.10. The second-order valence-corrected chi connectivity index (χ2v) is 4.91. The Hall–Kier alpha value is -1.18. The molecule has 0 bridgehead atoms. The molecule has 1 fully saturated rings. The van der Waals surface area contributed by atoms with Crippen LogP contribution in [0.25, 0.3) is 0 Å². The van der Waals surface area contributed by atoms with E-state index < -0.39 is 0 Å². The van der Waals surface area contributed by atoms with Gasteiger partial charge in [-0.3, -0.25) is 0 Å². The maximum atomic E-state index is 11.8. The predicted octanol–water partition coefficient (Wildman–Crippen LogP) is 1.46. The standard InChI is InChI=1S/C12H18N2O4S/c1-3-17-12(15)10-8(2)14-19-11(10)13-6-9-7-16-4-5-18-9/h9,13H,3-7H2,1-2H3. The lowest BCUT2D eigenvalue weighted by atomic mass is 10.2. The molecule has 1 aromatic rings. The van der Waals surface area contributed by atoms with Gasteiger partial charge >= 0.3 is 5.97 Å². The van der Waals surface area contributed by atoms with Gasteiger partial charge in [0.15, 0.2) is 0 Å². The van der Waals surface area contributed by atoms with E-state index in [0.717, 1.165) is 5.00 Å². The van der Waals surface area contributed by atoms with Gasteiger partial charge in [-0.15, -0.1) is 0 Å². The number of aryl methyl sites for hydroxylation is 1. The van der Waals surface area contributed by atoms with Crippen molar-refractivity contribution in [3.8, 4) is 0 Å². The molecule has 7 heteroatoms. The molecule has 2 rings (SSSR count). The van der Waals surface area contributed by atoms with E-state index in [2.05, 4.69) is 9.69 Å². The lowest BCUT2D eigenvalue weighted by Crippen LogP contribution is -2.34. The summed E-state index contributed by atoms with van der Waals surface area (Å²) in [6.07, 6.45) is 0.00574. The number of nitrogens with one attached hydrogen (secondary N) is 1. The first-order valence-electron chi connectivity index (χ1n) is 6.29.